The molecule has 0 radical (unpaired) electrons. The van der Waals surface area contributed by atoms with E-state index in [0.717, 1.165) is 16.3 Å². The zero-order valence-corrected chi connectivity index (χ0v) is 11.5. The van der Waals surface area contributed by atoms with Gasteiger partial charge in [-0.25, -0.2) is 0 Å². The molecule has 0 saturated carbocycles. The van der Waals surface area contributed by atoms with Crippen LogP contribution in [0.15, 0.2) is 60.7 Å². The van der Waals surface area contributed by atoms with Crippen LogP contribution in [0.2, 0.25) is 5.02 Å². The number of nitrogens with two attached hydrogens (primary N) is 1. The first-order valence-electron chi connectivity index (χ1n) is 6.38. The molecule has 3 aromatic rings. The molecular formula is C17H14ClNO. The first-order chi connectivity index (χ1) is 9.66. The predicted molar refractivity (Wildman–Crippen MR) is 83.1 cm³/mol. The summed E-state index contributed by atoms with van der Waals surface area (Å²) in [7, 11) is 0. The van der Waals surface area contributed by atoms with Gasteiger partial charge >= 0.3 is 0 Å². The van der Waals surface area contributed by atoms with Crippen molar-refractivity contribution < 1.29 is 5.11 Å². The number of phenolic OH excluding ortho intramolecular Hbond substituents is 1. The van der Waals surface area contributed by atoms with Gasteiger partial charge in [-0.15, -0.1) is 0 Å². The van der Waals surface area contributed by atoms with Gasteiger partial charge in [0.2, 0.25) is 0 Å². The van der Waals surface area contributed by atoms with Crippen LogP contribution in [0.4, 0.5) is 0 Å². The van der Waals surface area contributed by atoms with Crippen molar-refractivity contribution >= 4 is 22.4 Å². The molecule has 3 heteroatoms. The highest BCUT2D eigenvalue weighted by Crippen LogP contribution is 2.34. The molecule has 0 aliphatic heterocycles. The number of phenols is 1. The fourth-order valence-electron chi connectivity index (χ4n) is 2.37. The lowest BCUT2D eigenvalue weighted by atomic mass is 9.96. The third-order valence-corrected chi connectivity index (χ3v) is 3.75. The summed E-state index contributed by atoms with van der Waals surface area (Å²) in [6.07, 6.45) is 0. The van der Waals surface area contributed by atoms with Crippen molar-refractivity contribution in [3.8, 4) is 5.75 Å². The molecule has 0 amide bonds. The van der Waals surface area contributed by atoms with Gasteiger partial charge in [0.1, 0.15) is 5.75 Å². The van der Waals surface area contributed by atoms with Crippen molar-refractivity contribution in [2.24, 2.45) is 5.73 Å². The van der Waals surface area contributed by atoms with E-state index in [9.17, 15) is 5.11 Å². The SMILES string of the molecule is N[C@@H](c1ccc(Cl)cc1)c1ccc2ccccc2c1O. The molecule has 2 nitrogen and oxygen atoms in total. The highest BCUT2D eigenvalue weighted by atomic mass is 35.5. The van der Waals surface area contributed by atoms with E-state index < -0.39 is 0 Å². The Hall–Kier alpha value is -2.03. The Balaban J connectivity index is 2.09. The minimum Gasteiger partial charge on any atom is -0.507 e. The zero-order chi connectivity index (χ0) is 14.1. The highest BCUT2D eigenvalue weighted by Gasteiger charge is 2.15. The Morgan fingerprint density at radius 2 is 1.60 bits per heavy atom. The van der Waals surface area contributed by atoms with Crippen LogP contribution in [0.1, 0.15) is 17.2 Å². The van der Waals surface area contributed by atoms with Crippen molar-refractivity contribution in [2.45, 2.75) is 6.04 Å². The van der Waals surface area contributed by atoms with Gasteiger partial charge in [-0.05, 0) is 23.1 Å². The van der Waals surface area contributed by atoms with E-state index in [-0.39, 0.29) is 11.8 Å². The molecule has 0 bridgehead atoms. The molecule has 1 atom stereocenters. The van der Waals surface area contributed by atoms with E-state index in [1.165, 1.54) is 0 Å². The molecule has 0 unspecified atom stereocenters. The summed E-state index contributed by atoms with van der Waals surface area (Å²) in [4.78, 5) is 0. The maximum atomic E-state index is 10.4. The van der Waals surface area contributed by atoms with Crippen molar-refractivity contribution in [1.82, 2.24) is 0 Å². The number of aromatic hydroxyl groups is 1. The van der Waals surface area contributed by atoms with Crippen molar-refractivity contribution in [2.75, 3.05) is 0 Å². The number of benzene rings is 3. The van der Waals surface area contributed by atoms with E-state index in [0.29, 0.717) is 10.6 Å². The van der Waals surface area contributed by atoms with Crippen LogP contribution < -0.4 is 5.73 Å². The van der Waals surface area contributed by atoms with Gasteiger partial charge in [-0.3, -0.25) is 0 Å². The largest absolute Gasteiger partial charge is 0.507 e. The Morgan fingerprint density at radius 1 is 0.900 bits per heavy atom. The monoisotopic (exact) mass is 283 g/mol. The number of fused-ring (bicyclic) bond motifs is 1. The zero-order valence-electron chi connectivity index (χ0n) is 10.8. The normalized spacial score (nSPS) is 12.5. The van der Waals surface area contributed by atoms with E-state index in [1.54, 1.807) is 12.1 Å². The second-order valence-corrected chi connectivity index (χ2v) is 5.19. The maximum absolute atomic E-state index is 10.4. The number of hydrogen-bond acceptors (Lipinski definition) is 2. The average Bonchev–Trinajstić information content (AvgIpc) is 2.48. The van der Waals surface area contributed by atoms with E-state index >= 15 is 0 Å². The van der Waals surface area contributed by atoms with Crippen LogP contribution in [0.5, 0.6) is 5.75 Å². The first kappa shape index (κ1) is 13.0. The van der Waals surface area contributed by atoms with Crippen molar-refractivity contribution in [3.05, 3.63) is 76.8 Å². The molecule has 20 heavy (non-hydrogen) atoms. The average molecular weight is 284 g/mol. The molecule has 100 valence electrons. The van der Waals surface area contributed by atoms with Crippen molar-refractivity contribution in [3.63, 3.8) is 0 Å². The number of halogens is 1. The lowest BCUT2D eigenvalue weighted by Gasteiger charge is -2.15. The fraction of sp³-hybridized carbons (Fsp3) is 0.0588. The predicted octanol–water partition coefficient (Wildman–Crippen LogP) is 4.25. The number of rotatable bonds is 2. The molecule has 0 spiro atoms. The Labute approximate surface area is 122 Å². The highest BCUT2D eigenvalue weighted by molar-refractivity contribution is 6.30. The molecule has 0 aromatic heterocycles. The third kappa shape index (κ3) is 2.24. The molecule has 3 rings (SSSR count). The van der Waals surface area contributed by atoms with Crippen molar-refractivity contribution in [1.29, 1.82) is 0 Å². The van der Waals surface area contributed by atoms with Crippen LogP contribution in [0.3, 0.4) is 0 Å². The molecule has 0 heterocycles. The maximum Gasteiger partial charge on any atom is 0.128 e. The first-order valence-corrected chi connectivity index (χ1v) is 6.76. The second-order valence-electron chi connectivity index (χ2n) is 4.75. The summed E-state index contributed by atoms with van der Waals surface area (Å²) < 4.78 is 0. The van der Waals surface area contributed by atoms with Gasteiger partial charge < -0.3 is 10.8 Å². The number of hydrogen-bond donors (Lipinski definition) is 2. The molecule has 0 aliphatic carbocycles. The van der Waals surface area contributed by atoms with Crippen LogP contribution in [0, 0.1) is 0 Å². The standard InChI is InChI=1S/C17H14ClNO/c18-13-8-5-12(6-9-13)16(19)15-10-7-11-3-1-2-4-14(11)17(15)20/h1-10,16,20H,19H2/t16-/m0/s1. The second kappa shape index (κ2) is 5.16. The van der Waals surface area contributed by atoms with Gasteiger partial charge in [-0.1, -0.05) is 60.1 Å². The summed E-state index contributed by atoms with van der Waals surface area (Å²) >= 11 is 5.88. The summed E-state index contributed by atoms with van der Waals surface area (Å²) in [6, 6.07) is 18.5. The van der Waals surface area contributed by atoms with Gasteiger partial charge in [-0.2, -0.15) is 0 Å². The van der Waals surface area contributed by atoms with Gasteiger partial charge in [0.15, 0.2) is 0 Å². The summed E-state index contributed by atoms with van der Waals surface area (Å²) in [6.45, 7) is 0. The summed E-state index contributed by atoms with van der Waals surface area (Å²) in [5, 5.41) is 12.9. The molecule has 0 aliphatic rings. The smallest absolute Gasteiger partial charge is 0.128 e. The van der Waals surface area contributed by atoms with Crippen LogP contribution in [-0.2, 0) is 0 Å². The molecule has 0 fully saturated rings. The Kier molecular flexibility index (Phi) is 3.35. The Bertz CT molecular complexity index is 753. The van der Waals surface area contributed by atoms with Gasteiger partial charge in [0.05, 0.1) is 6.04 Å². The quantitative estimate of drug-likeness (QED) is 0.739. The minimum absolute atomic E-state index is 0.241. The lowest BCUT2D eigenvalue weighted by Crippen LogP contribution is -2.11. The minimum atomic E-state index is -0.378. The van der Waals surface area contributed by atoms with E-state index in [4.69, 9.17) is 17.3 Å². The topological polar surface area (TPSA) is 46.2 Å². The lowest BCUT2D eigenvalue weighted by molar-refractivity contribution is 0.472. The Morgan fingerprint density at radius 3 is 2.35 bits per heavy atom. The molecular weight excluding hydrogens is 270 g/mol. The van der Waals surface area contributed by atoms with Crippen LogP contribution in [-0.4, -0.2) is 5.11 Å². The third-order valence-electron chi connectivity index (χ3n) is 3.50. The van der Waals surface area contributed by atoms with Gasteiger partial charge in [0.25, 0.3) is 0 Å². The summed E-state index contributed by atoms with van der Waals surface area (Å²) in [5.41, 5.74) is 7.89. The molecule has 3 N–H and O–H groups in total. The van der Waals surface area contributed by atoms with Crippen LogP contribution in [0.25, 0.3) is 10.8 Å². The molecule has 0 saturated heterocycles. The van der Waals surface area contributed by atoms with Crippen LogP contribution >= 0.6 is 11.6 Å². The summed E-state index contributed by atoms with van der Waals surface area (Å²) in [5.74, 6) is 0.241. The molecule has 3 aromatic carbocycles. The van der Waals surface area contributed by atoms with Gasteiger partial charge in [0, 0.05) is 16.0 Å². The van der Waals surface area contributed by atoms with E-state index in [1.807, 2.05) is 48.5 Å². The fourth-order valence-corrected chi connectivity index (χ4v) is 2.50. The van der Waals surface area contributed by atoms with E-state index in [2.05, 4.69) is 0 Å².